The average molecular weight is 461 g/mol. The summed E-state index contributed by atoms with van der Waals surface area (Å²) < 4.78 is 1.22. The molecule has 0 aliphatic rings. The second-order valence-electron chi connectivity index (χ2n) is 9.58. The lowest BCUT2D eigenvalue weighted by molar-refractivity contribution is 0.876. The highest BCUT2D eigenvalue weighted by Gasteiger charge is 2.18. The molecule has 0 saturated carbocycles. The fourth-order valence-corrected chi connectivity index (χ4v) is 6.26. The Morgan fingerprint density at radius 3 is 2.32 bits per heavy atom. The Kier molecular flexibility index (Phi) is 5.50. The van der Waals surface area contributed by atoms with Gasteiger partial charge in [0.25, 0.3) is 0 Å². The summed E-state index contributed by atoms with van der Waals surface area (Å²) in [5.41, 5.74) is 10.5. The third kappa shape index (κ3) is 3.59. The fourth-order valence-electron chi connectivity index (χ4n) is 4.86. The van der Waals surface area contributed by atoms with Crippen LogP contribution >= 0.6 is 11.3 Å². The molecule has 0 unspecified atom stereocenters. The zero-order valence-corrected chi connectivity index (χ0v) is 21.4. The summed E-state index contributed by atoms with van der Waals surface area (Å²) in [6.07, 6.45) is 1.94. The predicted octanol–water partition coefficient (Wildman–Crippen LogP) is 9.69. The smallest absolute Gasteiger partial charge is 0.187 e. The van der Waals surface area contributed by atoms with Crippen molar-refractivity contribution < 1.29 is 0 Å². The Bertz CT molecular complexity index is 1630. The van der Waals surface area contributed by atoms with Crippen molar-refractivity contribution in [3.05, 3.63) is 94.0 Å². The number of rotatable bonds is 3. The van der Waals surface area contributed by atoms with Crippen molar-refractivity contribution in [3.63, 3.8) is 0 Å². The Balaban J connectivity index is 1.77. The van der Waals surface area contributed by atoms with Crippen LogP contribution in [-0.2, 0) is 0 Å². The van der Waals surface area contributed by atoms with Crippen molar-refractivity contribution in [1.29, 1.82) is 0 Å². The van der Waals surface area contributed by atoms with E-state index >= 15 is 0 Å². The number of thiophene rings is 1. The number of aryl methyl sites for hydroxylation is 4. The van der Waals surface area contributed by atoms with Gasteiger partial charge in [-0.1, -0.05) is 49.7 Å². The normalized spacial score (nSPS) is 11.5. The molecule has 0 atom stereocenters. The molecule has 5 rings (SSSR count). The number of aromatic nitrogens is 1. The second-order valence-corrected chi connectivity index (χ2v) is 10.6. The van der Waals surface area contributed by atoms with E-state index in [1.165, 1.54) is 59.1 Å². The van der Waals surface area contributed by atoms with Crippen LogP contribution < -0.4 is 0 Å². The Morgan fingerprint density at radius 1 is 0.853 bits per heavy atom. The molecule has 5 aromatic rings. The zero-order chi connectivity index (χ0) is 24.1. The largest absolute Gasteiger partial charge is 0.255 e. The number of pyridine rings is 1. The molecular formula is C31H28N2S. The highest BCUT2D eigenvalue weighted by atomic mass is 32.1. The van der Waals surface area contributed by atoms with Crippen LogP contribution in [0.4, 0.5) is 5.69 Å². The molecule has 3 heteroatoms. The summed E-state index contributed by atoms with van der Waals surface area (Å²) in [4.78, 5) is 9.74. The highest BCUT2D eigenvalue weighted by molar-refractivity contribution is 7.23. The summed E-state index contributed by atoms with van der Waals surface area (Å²) >= 11 is 1.81. The van der Waals surface area contributed by atoms with E-state index in [1.54, 1.807) is 0 Å². The molecule has 2 heterocycles. The van der Waals surface area contributed by atoms with Gasteiger partial charge in [0.15, 0.2) is 5.69 Å². The molecule has 34 heavy (non-hydrogen) atoms. The maximum Gasteiger partial charge on any atom is 0.187 e. The van der Waals surface area contributed by atoms with E-state index in [0.717, 1.165) is 11.3 Å². The van der Waals surface area contributed by atoms with Gasteiger partial charge < -0.3 is 0 Å². The van der Waals surface area contributed by atoms with Crippen molar-refractivity contribution >= 4 is 37.9 Å². The third-order valence-corrected chi connectivity index (χ3v) is 8.28. The number of fused-ring (bicyclic) bond motifs is 2. The zero-order valence-electron chi connectivity index (χ0n) is 20.6. The topological polar surface area (TPSA) is 17.2 Å². The van der Waals surface area contributed by atoms with Gasteiger partial charge in [0, 0.05) is 16.6 Å². The van der Waals surface area contributed by atoms with Gasteiger partial charge >= 0.3 is 0 Å². The minimum absolute atomic E-state index is 0.424. The van der Waals surface area contributed by atoms with Crippen molar-refractivity contribution in [1.82, 2.24) is 4.98 Å². The molecular weight excluding hydrogens is 432 g/mol. The number of nitrogens with zero attached hydrogens (tertiary/aromatic N) is 2. The monoisotopic (exact) mass is 460 g/mol. The molecule has 0 amide bonds. The molecule has 2 aromatic heterocycles. The number of benzene rings is 3. The van der Waals surface area contributed by atoms with Crippen LogP contribution in [0.25, 0.3) is 47.4 Å². The fraction of sp³-hybridized carbons (Fsp3) is 0.226. The van der Waals surface area contributed by atoms with Crippen LogP contribution in [0.3, 0.4) is 0 Å². The highest BCUT2D eigenvalue weighted by Crippen LogP contribution is 2.44. The summed E-state index contributed by atoms with van der Waals surface area (Å²) in [6.45, 7) is 20.5. The number of hydrogen-bond donors (Lipinski definition) is 0. The van der Waals surface area contributed by atoms with Crippen LogP contribution in [0.2, 0.25) is 0 Å². The standard InChI is InChI=1S/C31H28N2S/c1-17(2)27-16-23(15-22-12-18(3)19(4)14-28(22)27)29-31-26(10-11-33-29)21(6)30(34-31)25-9-8-24(32-7)13-20(25)5/h8-17H,1-6H3. The van der Waals surface area contributed by atoms with Gasteiger partial charge in [-0.25, -0.2) is 4.85 Å². The molecule has 2 nitrogen and oxygen atoms in total. The lowest BCUT2D eigenvalue weighted by Crippen LogP contribution is -1.94. The number of hydrogen-bond acceptors (Lipinski definition) is 2. The summed E-state index contributed by atoms with van der Waals surface area (Å²) in [5.74, 6) is 0.424. The van der Waals surface area contributed by atoms with E-state index in [9.17, 15) is 0 Å². The first-order valence-corrected chi connectivity index (χ1v) is 12.5. The van der Waals surface area contributed by atoms with Gasteiger partial charge in [-0.3, -0.25) is 4.98 Å². The SMILES string of the molecule is [C-]#[N+]c1ccc(-c2sc3c(-c4cc(C(C)C)c5cc(C)c(C)cc5c4)nccc3c2C)c(C)c1. The van der Waals surface area contributed by atoms with E-state index < -0.39 is 0 Å². The van der Waals surface area contributed by atoms with Crippen molar-refractivity contribution in [2.75, 3.05) is 0 Å². The lowest BCUT2D eigenvalue weighted by Gasteiger charge is -2.15. The van der Waals surface area contributed by atoms with Gasteiger partial charge in [-0.15, -0.1) is 11.3 Å². The van der Waals surface area contributed by atoms with E-state index in [1.807, 2.05) is 29.7 Å². The van der Waals surface area contributed by atoms with Gasteiger partial charge in [0.1, 0.15) is 0 Å². The molecule has 0 fully saturated rings. The molecule has 3 aromatic carbocycles. The van der Waals surface area contributed by atoms with E-state index in [4.69, 9.17) is 11.6 Å². The summed E-state index contributed by atoms with van der Waals surface area (Å²) in [5, 5.41) is 3.87. The minimum atomic E-state index is 0.424. The molecule has 0 radical (unpaired) electrons. The Hall–Kier alpha value is -3.48. The van der Waals surface area contributed by atoms with Crippen LogP contribution in [0.1, 0.15) is 47.6 Å². The Labute approximate surface area is 205 Å². The lowest BCUT2D eigenvalue weighted by atomic mass is 9.90. The predicted molar refractivity (Wildman–Crippen MR) is 147 cm³/mol. The van der Waals surface area contributed by atoms with Gasteiger partial charge in [-0.05, 0) is 95.8 Å². The first kappa shape index (κ1) is 22.3. The van der Waals surface area contributed by atoms with Gasteiger partial charge in [-0.2, -0.15) is 0 Å². The van der Waals surface area contributed by atoms with Crippen molar-refractivity contribution in [2.45, 2.75) is 47.5 Å². The van der Waals surface area contributed by atoms with E-state index in [-0.39, 0.29) is 0 Å². The first-order valence-electron chi connectivity index (χ1n) is 11.7. The second kappa shape index (κ2) is 8.38. The van der Waals surface area contributed by atoms with Gasteiger partial charge in [0.2, 0.25) is 0 Å². The molecule has 0 N–H and O–H groups in total. The van der Waals surface area contributed by atoms with Crippen molar-refractivity contribution in [2.24, 2.45) is 0 Å². The maximum absolute atomic E-state index is 7.32. The summed E-state index contributed by atoms with van der Waals surface area (Å²) in [7, 11) is 0. The first-order chi connectivity index (χ1) is 16.3. The van der Waals surface area contributed by atoms with Crippen LogP contribution in [-0.4, -0.2) is 4.98 Å². The van der Waals surface area contributed by atoms with Crippen molar-refractivity contribution in [3.8, 4) is 21.7 Å². The minimum Gasteiger partial charge on any atom is -0.255 e. The Morgan fingerprint density at radius 2 is 1.62 bits per heavy atom. The average Bonchev–Trinajstić information content (AvgIpc) is 3.15. The quantitative estimate of drug-likeness (QED) is 0.245. The van der Waals surface area contributed by atoms with E-state index in [0.29, 0.717) is 11.6 Å². The molecule has 0 saturated heterocycles. The molecule has 0 bridgehead atoms. The van der Waals surface area contributed by atoms with Gasteiger partial charge in [0.05, 0.1) is 17.0 Å². The van der Waals surface area contributed by atoms with Crippen LogP contribution in [0.5, 0.6) is 0 Å². The van der Waals surface area contributed by atoms with Crippen LogP contribution in [0, 0.1) is 34.3 Å². The van der Waals surface area contributed by atoms with Crippen LogP contribution in [0.15, 0.2) is 54.7 Å². The third-order valence-electron chi connectivity index (χ3n) is 6.93. The molecule has 0 spiro atoms. The molecule has 0 aliphatic heterocycles. The van der Waals surface area contributed by atoms with E-state index in [2.05, 4.69) is 82.8 Å². The molecule has 0 aliphatic carbocycles. The summed E-state index contributed by atoms with van der Waals surface area (Å²) in [6, 6.07) is 17.4. The molecule has 168 valence electrons. The maximum atomic E-state index is 7.32.